The van der Waals surface area contributed by atoms with E-state index in [1.807, 2.05) is 0 Å². The van der Waals surface area contributed by atoms with E-state index in [1.54, 1.807) is 25.1 Å². The van der Waals surface area contributed by atoms with E-state index in [9.17, 15) is 8.42 Å². The molecule has 0 aliphatic carbocycles. The van der Waals surface area contributed by atoms with E-state index >= 15 is 0 Å². The SMILES string of the molecule is C=CC#N.CN(C)CCS(=O)(=O)O. The fraction of sp³-hybridized carbons (Fsp3) is 0.571. The Morgan fingerprint density at radius 3 is 2.08 bits per heavy atom. The van der Waals surface area contributed by atoms with Crippen LogP contribution in [0.2, 0.25) is 0 Å². The number of allylic oxidation sites excluding steroid dienone is 1. The topological polar surface area (TPSA) is 81.4 Å². The molecule has 0 saturated carbocycles. The second-order valence-electron chi connectivity index (χ2n) is 2.42. The summed E-state index contributed by atoms with van der Waals surface area (Å²) in [6.07, 6.45) is 1.18. The third kappa shape index (κ3) is 24.7. The van der Waals surface area contributed by atoms with Crippen LogP contribution in [-0.2, 0) is 10.1 Å². The molecule has 0 rings (SSSR count). The number of hydrogen-bond donors (Lipinski definition) is 1. The molecule has 0 heterocycles. The highest BCUT2D eigenvalue weighted by Gasteiger charge is 2.03. The zero-order valence-corrected chi connectivity index (χ0v) is 8.58. The number of nitrogens with zero attached hydrogens (tertiary/aromatic N) is 2. The maximum absolute atomic E-state index is 10.1. The van der Waals surface area contributed by atoms with Crippen LogP contribution in [0.1, 0.15) is 0 Å². The van der Waals surface area contributed by atoms with Crippen LogP contribution in [0.3, 0.4) is 0 Å². The van der Waals surface area contributed by atoms with Crippen molar-refractivity contribution < 1.29 is 13.0 Å². The Hall–Kier alpha value is -0.900. The second kappa shape index (κ2) is 7.73. The molecule has 0 fully saturated rings. The average Bonchev–Trinajstić information content (AvgIpc) is 2.00. The molecule has 1 N–H and O–H groups in total. The molecule has 0 aromatic heterocycles. The molecule has 0 bridgehead atoms. The van der Waals surface area contributed by atoms with Crippen LogP contribution in [0.25, 0.3) is 0 Å². The minimum Gasteiger partial charge on any atom is -0.308 e. The normalized spacial score (nSPS) is 9.77. The lowest BCUT2D eigenvalue weighted by atomic mass is 10.7. The van der Waals surface area contributed by atoms with Gasteiger partial charge in [-0.2, -0.15) is 13.7 Å². The predicted molar refractivity (Wildman–Crippen MR) is 50.8 cm³/mol. The summed E-state index contributed by atoms with van der Waals surface area (Å²) in [6, 6.07) is 1.69. The highest BCUT2D eigenvalue weighted by atomic mass is 32.2. The summed E-state index contributed by atoms with van der Waals surface area (Å²) in [6.45, 7) is 3.48. The van der Waals surface area contributed by atoms with Crippen LogP contribution < -0.4 is 0 Å². The van der Waals surface area contributed by atoms with Crippen LogP contribution in [-0.4, -0.2) is 44.3 Å². The molecule has 0 amide bonds. The molecule has 0 unspecified atom stereocenters. The van der Waals surface area contributed by atoms with Crippen molar-refractivity contribution in [2.24, 2.45) is 0 Å². The van der Waals surface area contributed by atoms with Gasteiger partial charge in [0.05, 0.1) is 11.8 Å². The average molecular weight is 206 g/mol. The van der Waals surface area contributed by atoms with Gasteiger partial charge in [0.15, 0.2) is 0 Å². The van der Waals surface area contributed by atoms with Crippen LogP contribution in [0.15, 0.2) is 12.7 Å². The van der Waals surface area contributed by atoms with Gasteiger partial charge >= 0.3 is 0 Å². The Labute approximate surface area is 79.0 Å². The first-order valence-electron chi connectivity index (χ1n) is 3.44. The smallest absolute Gasteiger partial charge is 0.266 e. The molecule has 0 aliphatic rings. The minimum absolute atomic E-state index is 0.194. The molecule has 0 aromatic carbocycles. The molecule has 0 saturated heterocycles. The minimum atomic E-state index is -3.76. The molecule has 0 radical (unpaired) electrons. The maximum Gasteiger partial charge on any atom is 0.266 e. The third-order valence-corrected chi connectivity index (χ3v) is 1.59. The summed E-state index contributed by atoms with van der Waals surface area (Å²) < 4.78 is 28.3. The van der Waals surface area contributed by atoms with Crippen LogP contribution in [0.5, 0.6) is 0 Å². The standard InChI is InChI=1S/C4H11NO3S.C3H3N/c1-5(2)3-4-9(6,7)8;1-2-3-4/h3-4H2,1-2H3,(H,6,7,8);2H,1H2. The van der Waals surface area contributed by atoms with E-state index in [0.717, 1.165) is 0 Å². The monoisotopic (exact) mass is 206 g/mol. The Kier molecular flexibility index (Phi) is 8.69. The van der Waals surface area contributed by atoms with Crippen LogP contribution >= 0.6 is 0 Å². The molecule has 0 atom stereocenters. The Morgan fingerprint density at radius 1 is 1.62 bits per heavy atom. The van der Waals surface area contributed by atoms with Gasteiger partial charge in [-0.3, -0.25) is 4.55 Å². The van der Waals surface area contributed by atoms with E-state index in [2.05, 4.69) is 6.58 Å². The quantitative estimate of drug-likeness (QED) is 0.524. The Morgan fingerprint density at radius 2 is 2.00 bits per heavy atom. The Balaban J connectivity index is 0. The summed E-state index contributed by atoms with van der Waals surface area (Å²) in [4.78, 5) is 1.69. The Bertz CT molecular complexity index is 264. The van der Waals surface area contributed by atoms with Crippen molar-refractivity contribution in [1.82, 2.24) is 4.90 Å². The van der Waals surface area contributed by atoms with Crippen molar-refractivity contribution in [3.63, 3.8) is 0 Å². The van der Waals surface area contributed by atoms with Gasteiger partial charge in [-0.25, -0.2) is 0 Å². The number of hydrogen-bond acceptors (Lipinski definition) is 4. The lowest BCUT2D eigenvalue weighted by Gasteiger charge is -2.05. The molecule has 6 heteroatoms. The van der Waals surface area contributed by atoms with Crippen molar-refractivity contribution in [2.75, 3.05) is 26.4 Å². The van der Waals surface area contributed by atoms with E-state index in [0.29, 0.717) is 6.54 Å². The molecular weight excluding hydrogens is 192 g/mol. The highest BCUT2D eigenvalue weighted by molar-refractivity contribution is 7.85. The van der Waals surface area contributed by atoms with Gasteiger partial charge in [0.1, 0.15) is 0 Å². The summed E-state index contributed by atoms with van der Waals surface area (Å²) >= 11 is 0. The van der Waals surface area contributed by atoms with E-state index in [-0.39, 0.29) is 5.75 Å². The number of rotatable bonds is 3. The largest absolute Gasteiger partial charge is 0.308 e. The van der Waals surface area contributed by atoms with Gasteiger partial charge in [0.2, 0.25) is 0 Å². The molecule has 5 nitrogen and oxygen atoms in total. The van der Waals surface area contributed by atoms with Gasteiger partial charge in [0.25, 0.3) is 10.1 Å². The van der Waals surface area contributed by atoms with E-state index in [1.165, 1.54) is 6.08 Å². The van der Waals surface area contributed by atoms with Crippen molar-refractivity contribution >= 4 is 10.1 Å². The molecule has 0 aliphatic heterocycles. The maximum atomic E-state index is 10.1. The van der Waals surface area contributed by atoms with Crippen molar-refractivity contribution in [2.45, 2.75) is 0 Å². The van der Waals surface area contributed by atoms with Crippen molar-refractivity contribution in [3.8, 4) is 6.07 Å². The molecule has 13 heavy (non-hydrogen) atoms. The van der Waals surface area contributed by atoms with Crippen molar-refractivity contribution in [3.05, 3.63) is 12.7 Å². The molecule has 0 spiro atoms. The highest BCUT2D eigenvalue weighted by Crippen LogP contribution is 1.82. The third-order valence-electron chi connectivity index (χ3n) is 0.888. The summed E-state index contributed by atoms with van der Waals surface area (Å²) in [5.74, 6) is -0.194. The predicted octanol–water partition coefficient (Wildman–Crippen LogP) is 0.132. The first-order chi connectivity index (χ1) is 5.83. The van der Waals surface area contributed by atoms with Gasteiger partial charge in [0, 0.05) is 12.6 Å². The second-order valence-corrected chi connectivity index (χ2v) is 3.99. The van der Waals surface area contributed by atoms with E-state index < -0.39 is 10.1 Å². The van der Waals surface area contributed by atoms with Crippen molar-refractivity contribution in [1.29, 1.82) is 5.26 Å². The summed E-state index contributed by atoms with van der Waals surface area (Å²) in [5, 5.41) is 7.51. The van der Waals surface area contributed by atoms with E-state index in [4.69, 9.17) is 9.81 Å². The molecular formula is C7H14N2O3S. The lowest BCUT2D eigenvalue weighted by Crippen LogP contribution is -2.21. The summed E-state index contributed by atoms with van der Waals surface area (Å²) in [7, 11) is -0.278. The van der Waals surface area contributed by atoms with Gasteiger partial charge in [-0.15, -0.1) is 0 Å². The first-order valence-corrected chi connectivity index (χ1v) is 5.04. The fourth-order valence-corrected chi connectivity index (χ4v) is 0.894. The van der Waals surface area contributed by atoms with Crippen LogP contribution in [0, 0.1) is 11.3 Å². The van der Waals surface area contributed by atoms with Gasteiger partial charge in [-0.1, -0.05) is 6.58 Å². The first kappa shape index (κ1) is 14.6. The summed E-state index contributed by atoms with van der Waals surface area (Å²) in [5.41, 5.74) is 0. The van der Waals surface area contributed by atoms with Gasteiger partial charge < -0.3 is 4.90 Å². The molecule has 0 aromatic rings. The van der Waals surface area contributed by atoms with Crippen LogP contribution in [0.4, 0.5) is 0 Å². The number of nitriles is 1. The fourth-order valence-electron chi connectivity index (χ4n) is 0.298. The van der Waals surface area contributed by atoms with Gasteiger partial charge in [-0.05, 0) is 14.1 Å². The lowest BCUT2D eigenvalue weighted by molar-refractivity contribution is 0.418. The zero-order valence-electron chi connectivity index (χ0n) is 7.77. The zero-order chi connectivity index (χ0) is 10.9. The molecule has 76 valence electrons.